The summed E-state index contributed by atoms with van der Waals surface area (Å²) in [5.41, 5.74) is 4.67. The standard InChI is InChI=1S/C16H16N2O/c1-11-6-7-12(2)13(9-11)16(19)14-10-18-8-4-3-5-15(18)17-14/h3-10,16,19H,1-2H3. The summed E-state index contributed by atoms with van der Waals surface area (Å²) in [5, 5.41) is 10.5. The first-order valence-corrected chi connectivity index (χ1v) is 6.34. The van der Waals surface area contributed by atoms with Crippen LogP contribution in [0.1, 0.15) is 28.5 Å². The van der Waals surface area contributed by atoms with E-state index in [2.05, 4.69) is 11.1 Å². The fourth-order valence-electron chi connectivity index (χ4n) is 2.30. The first-order chi connectivity index (χ1) is 9.15. The van der Waals surface area contributed by atoms with Crippen molar-refractivity contribution in [3.05, 3.63) is 71.2 Å². The number of rotatable bonds is 2. The van der Waals surface area contributed by atoms with Crippen molar-refractivity contribution in [2.75, 3.05) is 0 Å². The highest BCUT2D eigenvalue weighted by atomic mass is 16.3. The number of nitrogens with zero attached hydrogens (tertiary/aromatic N) is 2. The molecule has 3 rings (SSSR count). The second kappa shape index (κ2) is 4.52. The zero-order valence-corrected chi connectivity index (χ0v) is 11.0. The van der Waals surface area contributed by atoms with Crippen molar-refractivity contribution in [3.63, 3.8) is 0 Å². The maximum Gasteiger partial charge on any atom is 0.137 e. The average Bonchev–Trinajstić information content (AvgIpc) is 2.84. The number of fused-ring (bicyclic) bond motifs is 1. The lowest BCUT2D eigenvalue weighted by molar-refractivity contribution is 0.215. The molecular weight excluding hydrogens is 236 g/mol. The number of aliphatic hydroxyl groups is 1. The maximum absolute atomic E-state index is 10.5. The summed E-state index contributed by atoms with van der Waals surface area (Å²) in [6, 6.07) is 11.9. The van der Waals surface area contributed by atoms with Gasteiger partial charge in [-0.15, -0.1) is 0 Å². The molecule has 96 valence electrons. The molecule has 0 aliphatic heterocycles. The number of pyridine rings is 1. The minimum atomic E-state index is -0.681. The van der Waals surface area contributed by atoms with Crippen LogP contribution >= 0.6 is 0 Å². The topological polar surface area (TPSA) is 37.5 Å². The lowest BCUT2D eigenvalue weighted by Gasteiger charge is -2.12. The third kappa shape index (κ3) is 2.13. The minimum Gasteiger partial charge on any atom is -0.382 e. The predicted octanol–water partition coefficient (Wildman–Crippen LogP) is 3.03. The average molecular weight is 252 g/mol. The molecule has 0 saturated heterocycles. The Hall–Kier alpha value is -2.13. The SMILES string of the molecule is Cc1ccc(C)c(C(O)c2cn3ccccc3n2)c1. The van der Waals surface area contributed by atoms with E-state index in [9.17, 15) is 5.11 Å². The van der Waals surface area contributed by atoms with Gasteiger partial charge in [0.2, 0.25) is 0 Å². The van der Waals surface area contributed by atoms with Crippen molar-refractivity contribution in [1.82, 2.24) is 9.38 Å². The molecule has 3 nitrogen and oxygen atoms in total. The van der Waals surface area contributed by atoms with Gasteiger partial charge >= 0.3 is 0 Å². The van der Waals surface area contributed by atoms with Gasteiger partial charge in [-0.3, -0.25) is 0 Å². The molecule has 0 bridgehead atoms. The van der Waals surface area contributed by atoms with Crippen LogP contribution in [0.2, 0.25) is 0 Å². The van der Waals surface area contributed by atoms with Gasteiger partial charge in [0.1, 0.15) is 11.8 Å². The highest BCUT2D eigenvalue weighted by molar-refractivity contribution is 5.42. The Labute approximate surface area is 112 Å². The first kappa shape index (κ1) is 11.9. The van der Waals surface area contributed by atoms with E-state index < -0.39 is 6.10 Å². The smallest absolute Gasteiger partial charge is 0.137 e. The van der Waals surface area contributed by atoms with Crippen molar-refractivity contribution in [3.8, 4) is 0 Å². The Morgan fingerprint density at radius 2 is 2.00 bits per heavy atom. The summed E-state index contributed by atoms with van der Waals surface area (Å²) >= 11 is 0. The van der Waals surface area contributed by atoms with E-state index in [1.807, 2.05) is 61.0 Å². The van der Waals surface area contributed by atoms with Crippen molar-refractivity contribution in [1.29, 1.82) is 0 Å². The molecule has 1 aromatic carbocycles. The second-order valence-electron chi connectivity index (χ2n) is 4.89. The van der Waals surface area contributed by atoms with Crippen molar-refractivity contribution >= 4 is 5.65 Å². The van der Waals surface area contributed by atoms with Gasteiger partial charge in [0, 0.05) is 12.4 Å². The van der Waals surface area contributed by atoms with Gasteiger partial charge in [-0.05, 0) is 37.1 Å². The van der Waals surface area contributed by atoms with E-state index in [4.69, 9.17) is 0 Å². The Bertz CT molecular complexity index is 697. The molecule has 2 heterocycles. The largest absolute Gasteiger partial charge is 0.382 e. The predicted molar refractivity (Wildman–Crippen MR) is 75.2 cm³/mol. The summed E-state index contributed by atoms with van der Waals surface area (Å²) in [6.07, 6.45) is 3.13. The molecule has 1 unspecified atom stereocenters. The van der Waals surface area contributed by atoms with E-state index in [1.165, 1.54) is 0 Å². The normalized spacial score (nSPS) is 12.8. The van der Waals surface area contributed by atoms with Crippen LogP contribution in [0, 0.1) is 13.8 Å². The highest BCUT2D eigenvalue weighted by Crippen LogP contribution is 2.25. The molecule has 0 aliphatic rings. The van der Waals surface area contributed by atoms with Crippen molar-refractivity contribution < 1.29 is 5.11 Å². The van der Waals surface area contributed by atoms with Gasteiger partial charge in [0.15, 0.2) is 0 Å². The minimum absolute atomic E-state index is 0.680. The third-order valence-electron chi connectivity index (χ3n) is 3.39. The number of aromatic nitrogens is 2. The summed E-state index contributed by atoms with van der Waals surface area (Å²) < 4.78 is 1.92. The number of hydrogen-bond acceptors (Lipinski definition) is 2. The quantitative estimate of drug-likeness (QED) is 0.761. The molecule has 19 heavy (non-hydrogen) atoms. The van der Waals surface area contributed by atoms with Gasteiger partial charge in [0.25, 0.3) is 0 Å². The number of hydrogen-bond donors (Lipinski definition) is 1. The zero-order valence-electron chi connectivity index (χ0n) is 11.0. The number of aliphatic hydroxyl groups excluding tert-OH is 1. The van der Waals surface area contributed by atoms with Gasteiger partial charge in [-0.2, -0.15) is 0 Å². The van der Waals surface area contributed by atoms with Crippen LogP contribution in [-0.4, -0.2) is 14.5 Å². The number of aryl methyl sites for hydroxylation is 2. The summed E-state index contributed by atoms with van der Waals surface area (Å²) in [4.78, 5) is 4.47. The number of imidazole rings is 1. The Kier molecular flexibility index (Phi) is 2.84. The number of benzene rings is 1. The summed E-state index contributed by atoms with van der Waals surface area (Å²) in [5.74, 6) is 0. The van der Waals surface area contributed by atoms with Crippen LogP contribution in [0.25, 0.3) is 5.65 Å². The molecular formula is C16H16N2O. The Balaban J connectivity index is 2.07. The molecule has 2 aromatic heterocycles. The third-order valence-corrected chi connectivity index (χ3v) is 3.39. The molecule has 1 atom stereocenters. The van der Waals surface area contributed by atoms with Crippen molar-refractivity contribution in [2.24, 2.45) is 0 Å². The summed E-state index contributed by atoms with van der Waals surface area (Å²) in [7, 11) is 0. The summed E-state index contributed by atoms with van der Waals surface area (Å²) in [6.45, 7) is 4.03. The van der Waals surface area contributed by atoms with Crippen LogP contribution in [-0.2, 0) is 0 Å². The van der Waals surface area contributed by atoms with Crippen LogP contribution in [0.15, 0.2) is 48.8 Å². The monoisotopic (exact) mass is 252 g/mol. The molecule has 0 spiro atoms. The molecule has 0 fully saturated rings. The Morgan fingerprint density at radius 1 is 1.16 bits per heavy atom. The highest BCUT2D eigenvalue weighted by Gasteiger charge is 2.16. The fraction of sp³-hybridized carbons (Fsp3) is 0.188. The van der Waals surface area contributed by atoms with Crippen LogP contribution in [0.4, 0.5) is 0 Å². The molecule has 0 aliphatic carbocycles. The van der Waals surface area contributed by atoms with Gasteiger partial charge < -0.3 is 9.51 Å². The fourth-order valence-corrected chi connectivity index (χ4v) is 2.30. The first-order valence-electron chi connectivity index (χ1n) is 6.34. The van der Waals surface area contributed by atoms with Crippen LogP contribution < -0.4 is 0 Å². The van der Waals surface area contributed by atoms with Crippen LogP contribution in [0.3, 0.4) is 0 Å². The van der Waals surface area contributed by atoms with E-state index >= 15 is 0 Å². The van der Waals surface area contributed by atoms with E-state index in [0.29, 0.717) is 5.69 Å². The van der Waals surface area contributed by atoms with E-state index in [1.54, 1.807) is 0 Å². The van der Waals surface area contributed by atoms with Gasteiger partial charge in [-0.1, -0.05) is 29.8 Å². The van der Waals surface area contributed by atoms with E-state index in [0.717, 1.165) is 22.3 Å². The molecule has 1 N–H and O–H groups in total. The molecule has 3 heteroatoms. The van der Waals surface area contributed by atoms with Crippen LogP contribution in [0.5, 0.6) is 0 Å². The zero-order chi connectivity index (χ0) is 13.4. The molecule has 0 saturated carbocycles. The van der Waals surface area contributed by atoms with Gasteiger partial charge in [0.05, 0.1) is 5.69 Å². The lowest BCUT2D eigenvalue weighted by atomic mass is 9.99. The lowest BCUT2D eigenvalue weighted by Crippen LogP contribution is -2.02. The Morgan fingerprint density at radius 3 is 2.79 bits per heavy atom. The maximum atomic E-state index is 10.5. The second-order valence-corrected chi connectivity index (χ2v) is 4.89. The van der Waals surface area contributed by atoms with Gasteiger partial charge in [-0.25, -0.2) is 4.98 Å². The van der Waals surface area contributed by atoms with E-state index in [-0.39, 0.29) is 0 Å². The molecule has 3 aromatic rings. The molecule has 0 amide bonds. The van der Waals surface area contributed by atoms with Crippen molar-refractivity contribution in [2.45, 2.75) is 20.0 Å². The molecule has 0 radical (unpaired) electrons.